The van der Waals surface area contributed by atoms with Gasteiger partial charge >= 0.3 is 0 Å². The fraction of sp³-hybridized carbons (Fsp3) is 0.733. The standard InChI is InChI=1S/C15H25NO3/c1-12(2)10-17-7-8-18-11-15-13(5-6-19-15)9-16-14-3-4-14/h5-6,12,14,16H,3-4,7-11H2,1-2H3. The molecule has 19 heavy (non-hydrogen) atoms. The second-order valence-electron chi connectivity index (χ2n) is 5.55. The van der Waals surface area contributed by atoms with Crippen molar-refractivity contribution in [3.63, 3.8) is 0 Å². The predicted octanol–water partition coefficient (Wildman–Crippen LogP) is 2.72. The third-order valence-electron chi connectivity index (χ3n) is 3.05. The largest absolute Gasteiger partial charge is 0.467 e. The molecule has 0 aromatic carbocycles. The zero-order valence-electron chi connectivity index (χ0n) is 12.0. The second kappa shape index (κ2) is 7.68. The zero-order valence-corrected chi connectivity index (χ0v) is 12.0. The van der Waals surface area contributed by atoms with Crippen LogP contribution in [0.2, 0.25) is 0 Å². The summed E-state index contributed by atoms with van der Waals surface area (Å²) in [4.78, 5) is 0. The van der Waals surface area contributed by atoms with E-state index in [9.17, 15) is 0 Å². The molecule has 1 aliphatic carbocycles. The first-order valence-electron chi connectivity index (χ1n) is 7.20. The van der Waals surface area contributed by atoms with Crippen molar-refractivity contribution in [2.24, 2.45) is 5.92 Å². The molecule has 1 N–H and O–H groups in total. The molecule has 0 spiro atoms. The first-order chi connectivity index (χ1) is 9.25. The summed E-state index contributed by atoms with van der Waals surface area (Å²) in [6, 6.07) is 2.73. The highest BCUT2D eigenvalue weighted by Gasteiger charge is 2.20. The molecule has 4 heteroatoms. The summed E-state index contributed by atoms with van der Waals surface area (Å²) < 4.78 is 16.5. The minimum absolute atomic E-state index is 0.527. The molecule has 1 fully saturated rings. The Morgan fingerprint density at radius 3 is 2.84 bits per heavy atom. The number of furan rings is 1. The van der Waals surface area contributed by atoms with Crippen molar-refractivity contribution in [1.82, 2.24) is 5.32 Å². The van der Waals surface area contributed by atoms with E-state index in [1.54, 1.807) is 6.26 Å². The van der Waals surface area contributed by atoms with Gasteiger partial charge in [0.1, 0.15) is 12.4 Å². The van der Waals surface area contributed by atoms with Crippen LogP contribution < -0.4 is 5.32 Å². The summed E-state index contributed by atoms with van der Waals surface area (Å²) in [6.45, 7) is 7.74. The number of nitrogens with one attached hydrogen (secondary N) is 1. The highest BCUT2D eigenvalue weighted by atomic mass is 16.5. The quantitative estimate of drug-likeness (QED) is 0.662. The molecule has 0 unspecified atom stereocenters. The van der Waals surface area contributed by atoms with Gasteiger partial charge in [0, 0.05) is 24.8 Å². The summed E-state index contributed by atoms with van der Waals surface area (Å²) in [5, 5.41) is 3.48. The van der Waals surface area contributed by atoms with Gasteiger partial charge < -0.3 is 19.2 Å². The van der Waals surface area contributed by atoms with E-state index in [0.717, 1.165) is 18.9 Å². The van der Waals surface area contributed by atoms with Gasteiger partial charge in [0.25, 0.3) is 0 Å². The maximum absolute atomic E-state index is 5.58. The van der Waals surface area contributed by atoms with E-state index in [-0.39, 0.29) is 0 Å². The first kappa shape index (κ1) is 14.6. The summed E-state index contributed by atoms with van der Waals surface area (Å²) >= 11 is 0. The van der Waals surface area contributed by atoms with Crippen molar-refractivity contribution in [1.29, 1.82) is 0 Å². The average Bonchev–Trinajstić information content (AvgIpc) is 3.10. The summed E-state index contributed by atoms with van der Waals surface area (Å²) in [5.74, 6) is 1.50. The van der Waals surface area contributed by atoms with Gasteiger partial charge in [0.15, 0.2) is 0 Å². The average molecular weight is 267 g/mol. The van der Waals surface area contributed by atoms with Gasteiger partial charge in [-0.1, -0.05) is 13.8 Å². The van der Waals surface area contributed by atoms with Crippen molar-refractivity contribution >= 4 is 0 Å². The van der Waals surface area contributed by atoms with Crippen molar-refractivity contribution < 1.29 is 13.9 Å². The lowest BCUT2D eigenvalue weighted by Crippen LogP contribution is -2.16. The minimum Gasteiger partial charge on any atom is -0.467 e. The maximum Gasteiger partial charge on any atom is 0.133 e. The third-order valence-corrected chi connectivity index (χ3v) is 3.05. The van der Waals surface area contributed by atoms with E-state index in [4.69, 9.17) is 13.9 Å². The third kappa shape index (κ3) is 5.76. The first-order valence-corrected chi connectivity index (χ1v) is 7.20. The molecule has 0 amide bonds. The molecule has 1 aromatic heterocycles. The predicted molar refractivity (Wildman–Crippen MR) is 73.9 cm³/mol. The Bertz CT molecular complexity index is 358. The lowest BCUT2D eigenvalue weighted by atomic mass is 10.2. The monoisotopic (exact) mass is 267 g/mol. The summed E-state index contributed by atoms with van der Waals surface area (Å²) in [7, 11) is 0. The fourth-order valence-electron chi connectivity index (χ4n) is 1.79. The van der Waals surface area contributed by atoms with Gasteiger partial charge in [-0.15, -0.1) is 0 Å². The molecule has 0 bridgehead atoms. The summed E-state index contributed by atoms with van der Waals surface area (Å²) in [6.07, 6.45) is 4.34. The Morgan fingerprint density at radius 2 is 2.11 bits per heavy atom. The smallest absolute Gasteiger partial charge is 0.133 e. The van der Waals surface area contributed by atoms with Crippen molar-refractivity contribution in [3.8, 4) is 0 Å². The molecule has 1 aliphatic rings. The van der Waals surface area contributed by atoms with Crippen LogP contribution in [0.5, 0.6) is 0 Å². The zero-order chi connectivity index (χ0) is 13.5. The molecule has 0 radical (unpaired) electrons. The molecule has 108 valence electrons. The van der Waals surface area contributed by atoms with Crippen LogP contribution in [0.3, 0.4) is 0 Å². The lowest BCUT2D eigenvalue weighted by Gasteiger charge is -2.08. The highest BCUT2D eigenvalue weighted by molar-refractivity contribution is 5.16. The van der Waals surface area contributed by atoms with Crippen molar-refractivity contribution in [2.75, 3.05) is 19.8 Å². The van der Waals surface area contributed by atoms with Crippen LogP contribution in [0.1, 0.15) is 38.0 Å². The van der Waals surface area contributed by atoms with Crippen LogP contribution in [0.25, 0.3) is 0 Å². The Balaban J connectivity index is 1.58. The summed E-state index contributed by atoms with van der Waals surface area (Å²) in [5.41, 5.74) is 1.20. The van der Waals surface area contributed by atoms with Crippen LogP contribution >= 0.6 is 0 Å². The van der Waals surface area contributed by atoms with Crippen LogP contribution in [0.4, 0.5) is 0 Å². The molecule has 4 nitrogen and oxygen atoms in total. The van der Waals surface area contributed by atoms with Gasteiger partial charge in [-0.3, -0.25) is 0 Å². The van der Waals surface area contributed by atoms with Gasteiger partial charge in [0.2, 0.25) is 0 Å². The lowest BCUT2D eigenvalue weighted by molar-refractivity contribution is 0.0261. The Labute approximate surface area is 115 Å². The minimum atomic E-state index is 0.527. The van der Waals surface area contributed by atoms with Crippen LogP contribution in [0, 0.1) is 5.92 Å². The van der Waals surface area contributed by atoms with Crippen LogP contribution in [0.15, 0.2) is 16.7 Å². The Hall–Kier alpha value is -0.840. The molecule has 0 saturated heterocycles. The second-order valence-corrected chi connectivity index (χ2v) is 5.55. The SMILES string of the molecule is CC(C)COCCOCc1occc1CNC1CC1. The molecule has 0 aliphatic heterocycles. The topological polar surface area (TPSA) is 43.6 Å². The van der Waals surface area contributed by atoms with E-state index >= 15 is 0 Å². The van der Waals surface area contributed by atoms with Crippen LogP contribution in [-0.4, -0.2) is 25.9 Å². The number of hydrogen-bond acceptors (Lipinski definition) is 4. The van der Waals surface area contributed by atoms with Gasteiger partial charge in [-0.25, -0.2) is 0 Å². The van der Waals surface area contributed by atoms with E-state index in [0.29, 0.717) is 31.8 Å². The molecular formula is C15H25NO3. The van der Waals surface area contributed by atoms with E-state index in [1.165, 1.54) is 18.4 Å². The normalized spacial score (nSPS) is 15.3. The molecule has 0 atom stereocenters. The van der Waals surface area contributed by atoms with Crippen LogP contribution in [-0.2, 0) is 22.6 Å². The van der Waals surface area contributed by atoms with Crippen molar-refractivity contribution in [3.05, 3.63) is 23.7 Å². The van der Waals surface area contributed by atoms with Gasteiger partial charge in [0.05, 0.1) is 19.5 Å². The van der Waals surface area contributed by atoms with E-state index < -0.39 is 0 Å². The Morgan fingerprint density at radius 1 is 1.32 bits per heavy atom. The van der Waals surface area contributed by atoms with Crippen molar-refractivity contribution in [2.45, 2.75) is 45.9 Å². The fourth-order valence-corrected chi connectivity index (χ4v) is 1.79. The molecule has 2 rings (SSSR count). The molecular weight excluding hydrogens is 242 g/mol. The Kier molecular flexibility index (Phi) is 5.89. The number of ether oxygens (including phenoxy) is 2. The molecule has 1 heterocycles. The number of rotatable bonds is 10. The highest BCUT2D eigenvalue weighted by Crippen LogP contribution is 2.20. The maximum atomic E-state index is 5.58. The van der Waals surface area contributed by atoms with Gasteiger partial charge in [-0.2, -0.15) is 0 Å². The van der Waals surface area contributed by atoms with Gasteiger partial charge in [-0.05, 0) is 24.8 Å². The number of hydrogen-bond donors (Lipinski definition) is 1. The van der Waals surface area contributed by atoms with E-state index in [2.05, 4.69) is 19.2 Å². The van der Waals surface area contributed by atoms with E-state index in [1.807, 2.05) is 6.07 Å². The molecule has 1 saturated carbocycles. The molecule has 1 aromatic rings.